The number of aromatic hydroxyl groups is 1. The molecule has 4 bridgehead atoms. The largest absolute Gasteiger partial charge is 0.508 e. The van der Waals surface area contributed by atoms with Gasteiger partial charge in [0.1, 0.15) is 5.75 Å². The molecule has 6 aliphatic rings. The predicted octanol–water partition coefficient (Wildman–Crippen LogP) is 3.45. The summed E-state index contributed by atoms with van der Waals surface area (Å²) in [6.45, 7) is 1.95. The summed E-state index contributed by atoms with van der Waals surface area (Å²) < 4.78 is 1.52. The fraction of sp³-hybridized carbons (Fsp3) is 0.600. The summed E-state index contributed by atoms with van der Waals surface area (Å²) >= 11 is 0. The molecule has 6 nitrogen and oxygen atoms in total. The third-order valence-corrected chi connectivity index (χ3v) is 11.7. The molecule has 8 rings (SSSR count). The van der Waals surface area contributed by atoms with Gasteiger partial charge < -0.3 is 14.6 Å². The Morgan fingerprint density at radius 3 is 2.75 bits per heavy atom. The molecule has 3 saturated carbocycles. The lowest BCUT2D eigenvalue weighted by atomic mass is 9.43. The zero-order valence-electron chi connectivity index (χ0n) is 21.0. The van der Waals surface area contributed by atoms with Crippen LogP contribution in [0.15, 0.2) is 41.3 Å². The summed E-state index contributed by atoms with van der Waals surface area (Å²) in [5, 5.41) is 10.6. The number of phenolic OH excluding ortho intramolecular Hbond substituents is 1. The first-order chi connectivity index (χ1) is 17.4. The van der Waals surface area contributed by atoms with Crippen LogP contribution in [0, 0.1) is 17.3 Å². The number of piperidine rings is 1. The van der Waals surface area contributed by atoms with Gasteiger partial charge >= 0.3 is 0 Å². The molecule has 1 aromatic carbocycles. The lowest BCUT2D eigenvalue weighted by Crippen LogP contribution is -2.71. The van der Waals surface area contributed by atoms with Crippen LogP contribution in [-0.2, 0) is 18.9 Å². The van der Waals surface area contributed by atoms with Crippen molar-refractivity contribution >= 4 is 5.91 Å². The molecular weight excluding hydrogens is 450 g/mol. The van der Waals surface area contributed by atoms with Gasteiger partial charge in [-0.15, -0.1) is 0 Å². The Morgan fingerprint density at radius 1 is 1.11 bits per heavy atom. The van der Waals surface area contributed by atoms with Crippen molar-refractivity contribution in [3.05, 3.63) is 63.6 Å². The minimum absolute atomic E-state index is 0.0198. The molecule has 1 aromatic heterocycles. The fourth-order valence-electron chi connectivity index (χ4n) is 10.3. The van der Waals surface area contributed by atoms with Crippen molar-refractivity contribution in [1.29, 1.82) is 0 Å². The molecule has 2 saturated heterocycles. The number of benzene rings is 1. The summed E-state index contributed by atoms with van der Waals surface area (Å²) in [5.41, 5.74) is 3.50. The third-order valence-electron chi connectivity index (χ3n) is 11.7. The zero-order valence-corrected chi connectivity index (χ0v) is 21.0. The second-order valence-corrected chi connectivity index (χ2v) is 12.7. The van der Waals surface area contributed by atoms with Gasteiger partial charge in [-0.2, -0.15) is 0 Å². The van der Waals surface area contributed by atoms with Gasteiger partial charge in [-0.3, -0.25) is 14.5 Å². The number of aromatic nitrogens is 1. The number of carbonyl (C=O) groups is 1. The molecule has 188 valence electrons. The first kappa shape index (κ1) is 21.5. The lowest BCUT2D eigenvalue weighted by molar-refractivity contribution is -0.122. The van der Waals surface area contributed by atoms with Gasteiger partial charge in [-0.05, 0) is 98.1 Å². The molecule has 2 aliphatic heterocycles. The zero-order chi connectivity index (χ0) is 24.4. The summed E-state index contributed by atoms with van der Waals surface area (Å²) in [5.74, 6) is 1.33. The number of carbonyl (C=O) groups excluding carboxylic acids is 1. The molecule has 5 fully saturated rings. The maximum atomic E-state index is 13.8. The molecule has 3 heterocycles. The van der Waals surface area contributed by atoms with E-state index in [2.05, 4.69) is 21.9 Å². The Bertz CT molecular complexity index is 1350. The molecule has 0 radical (unpaired) electrons. The molecular formula is C30H35N3O3. The number of rotatable bonds is 2. The van der Waals surface area contributed by atoms with E-state index in [1.165, 1.54) is 47.4 Å². The molecule has 6 heteroatoms. The maximum absolute atomic E-state index is 13.8. The van der Waals surface area contributed by atoms with Crippen LogP contribution in [0.1, 0.15) is 66.4 Å². The molecule has 1 amide bonds. The normalized spacial score (nSPS) is 38.4. The van der Waals surface area contributed by atoms with E-state index >= 15 is 0 Å². The highest BCUT2D eigenvalue weighted by Crippen LogP contribution is 2.75. The van der Waals surface area contributed by atoms with Crippen LogP contribution in [0.5, 0.6) is 5.75 Å². The van der Waals surface area contributed by atoms with Crippen molar-refractivity contribution in [3.63, 3.8) is 0 Å². The van der Waals surface area contributed by atoms with E-state index in [0.717, 1.165) is 44.8 Å². The number of likely N-dealkylation sites (tertiary alicyclic amines) is 2. The Labute approximate surface area is 211 Å². The van der Waals surface area contributed by atoms with E-state index < -0.39 is 0 Å². The van der Waals surface area contributed by atoms with Crippen LogP contribution < -0.4 is 5.56 Å². The summed E-state index contributed by atoms with van der Waals surface area (Å²) in [6.07, 6.45) is 11.4. The second-order valence-electron chi connectivity index (χ2n) is 12.7. The van der Waals surface area contributed by atoms with E-state index in [-0.39, 0.29) is 28.3 Å². The highest BCUT2D eigenvalue weighted by Gasteiger charge is 2.76. The van der Waals surface area contributed by atoms with E-state index in [4.69, 9.17) is 0 Å². The highest BCUT2D eigenvalue weighted by atomic mass is 16.3. The number of hydrogen-bond acceptors (Lipinski definition) is 4. The van der Waals surface area contributed by atoms with Crippen molar-refractivity contribution in [3.8, 4) is 5.75 Å². The van der Waals surface area contributed by atoms with Crippen LogP contribution in [0.3, 0.4) is 0 Å². The van der Waals surface area contributed by atoms with Crippen molar-refractivity contribution in [2.24, 2.45) is 24.3 Å². The third kappa shape index (κ3) is 2.42. The molecule has 0 spiro atoms. The summed E-state index contributed by atoms with van der Waals surface area (Å²) in [6, 6.07) is 11.0. The Kier molecular flexibility index (Phi) is 4.20. The van der Waals surface area contributed by atoms with Crippen molar-refractivity contribution in [2.75, 3.05) is 13.1 Å². The molecule has 6 atom stereocenters. The smallest absolute Gasteiger partial charge is 0.254 e. The molecule has 5 unspecified atom stereocenters. The van der Waals surface area contributed by atoms with Crippen LogP contribution >= 0.6 is 0 Å². The predicted molar refractivity (Wildman–Crippen MR) is 136 cm³/mol. The number of aryl methyl sites for hydroxylation is 1. The average molecular weight is 486 g/mol. The first-order valence-electron chi connectivity index (χ1n) is 14.0. The van der Waals surface area contributed by atoms with Crippen LogP contribution in [-0.4, -0.2) is 56.6 Å². The SMILES string of the molecule is Cn1ccc(C(=O)N2C[C@H]3CC45CCC2C3C42CCN(C3CCC3)C5Cc3ccc(O)cc32)cc1=O. The van der Waals surface area contributed by atoms with Gasteiger partial charge in [0.25, 0.3) is 11.5 Å². The van der Waals surface area contributed by atoms with Crippen LogP contribution in [0.4, 0.5) is 0 Å². The van der Waals surface area contributed by atoms with Crippen molar-refractivity contribution in [1.82, 2.24) is 14.4 Å². The monoisotopic (exact) mass is 485 g/mol. The van der Waals surface area contributed by atoms with Gasteiger partial charge in [0.05, 0.1) is 0 Å². The van der Waals surface area contributed by atoms with E-state index in [1.807, 2.05) is 6.07 Å². The standard InChI is InChI=1S/C30H35N3O3/c1-31-11-8-19(14-26(31)35)28(36)33-17-20-16-29-9-7-24(33)27(20)30(29)10-12-32(21-3-2-4-21)25(29)13-18-5-6-22(34)15-23(18)30/h5-6,8,11,14-15,20-21,24-25,27,34H,2-4,7,9-10,12-13,16-17H2,1H3/t20-,24?,25?,27?,29?,30?/m1/s1. The second kappa shape index (κ2) is 7.03. The average Bonchev–Trinajstić information content (AvgIpc) is 3.27. The maximum Gasteiger partial charge on any atom is 0.254 e. The van der Waals surface area contributed by atoms with Crippen LogP contribution in [0.25, 0.3) is 0 Å². The number of pyridine rings is 1. The van der Waals surface area contributed by atoms with Gasteiger partial charge in [-0.1, -0.05) is 12.5 Å². The van der Waals surface area contributed by atoms with E-state index in [9.17, 15) is 14.7 Å². The molecule has 36 heavy (non-hydrogen) atoms. The number of nitrogens with zero attached hydrogens (tertiary/aromatic N) is 3. The van der Waals surface area contributed by atoms with E-state index in [1.54, 1.807) is 19.3 Å². The van der Waals surface area contributed by atoms with Gasteiger partial charge in [0.15, 0.2) is 0 Å². The molecule has 2 aromatic rings. The summed E-state index contributed by atoms with van der Waals surface area (Å²) in [7, 11) is 1.72. The topological polar surface area (TPSA) is 65.8 Å². The summed E-state index contributed by atoms with van der Waals surface area (Å²) in [4.78, 5) is 31.1. The minimum atomic E-state index is -0.135. The number of phenols is 1. The number of fused-ring (bicyclic) bond motifs is 1. The van der Waals surface area contributed by atoms with Crippen LogP contribution in [0.2, 0.25) is 0 Å². The fourth-order valence-corrected chi connectivity index (χ4v) is 10.3. The number of hydrogen-bond donors (Lipinski definition) is 1. The lowest BCUT2D eigenvalue weighted by Gasteiger charge is -2.68. The van der Waals surface area contributed by atoms with Gasteiger partial charge in [0.2, 0.25) is 0 Å². The van der Waals surface area contributed by atoms with Gasteiger partial charge in [0, 0.05) is 55.0 Å². The molecule has 1 N–H and O–H groups in total. The Balaban J connectivity index is 1.24. The van der Waals surface area contributed by atoms with Crippen molar-refractivity contribution in [2.45, 2.75) is 74.9 Å². The minimum Gasteiger partial charge on any atom is -0.508 e. The molecule has 4 aliphatic carbocycles. The number of amides is 1. The Morgan fingerprint density at radius 2 is 1.97 bits per heavy atom. The van der Waals surface area contributed by atoms with Gasteiger partial charge in [-0.25, -0.2) is 0 Å². The van der Waals surface area contributed by atoms with E-state index in [0.29, 0.717) is 29.2 Å². The quantitative estimate of drug-likeness (QED) is 0.708. The van der Waals surface area contributed by atoms with Crippen molar-refractivity contribution < 1.29 is 9.90 Å². The highest BCUT2D eigenvalue weighted by molar-refractivity contribution is 5.94. The first-order valence-corrected chi connectivity index (χ1v) is 14.0. The Hall–Kier alpha value is -2.60.